The number of hydrogen-bond acceptors (Lipinski definition) is 3. The van der Waals surface area contributed by atoms with Crippen molar-refractivity contribution in [1.82, 2.24) is 4.90 Å². The number of halogens is 1. The predicted molar refractivity (Wildman–Crippen MR) is 105 cm³/mol. The van der Waals surface area contributed by atoms with Crippen LogP contribution < -0.4 is 5.32 Å². The first kappa shape index (κ1) is 19.1. The topological polar surface area (TPSA) is 66.5 Å². The van der Waals surface area contributed by atoms with Crippen molar-refractivity contribution in [2.75, 3.05) is 11.9 Å². The van der Waals surface area contributed by atoms with E-state index in [4.69, 9.17) is 11.6 Å². The van der Waals surface area contributed by atoms with Gasteiger partial charge in [0, 0.05) is 23.7 Å². The molecule has 0 unspecified atom stereocenters. The number of hydrogen-bond donors (Lipinski definition) is 1. The van der Waals surface area contributed by atoms with Crippen LogP contribution >= 0.6 is 11.6 Å². The van der Waals surface area contributed by atoms with Crippen LogP contribution in [0.3, 0.4) is 0 Å². The second kappa shape index (κ2) is 7.16. The van der Waals surface area contributed by atoms with Crippen LogP contribution in [0.1, 0.15) is 53.5 Å². The number of carbonyl (C=O) groups excluding carboxylic acids is 3. The fourth-order valence-corrected chi connectivity index (χ4v) is 3.13. The second-order valence-corrected chi connectivity index (χ2v) is 8.01. The number of anilines is 1. The van der Waals surface area contributed by atoms with E-state index in [0.717, 1.165) is 4.90 Å². The number of nitrogens with one attached hydrogen (secondary N) is 1. The average molecular weight is 385 g/mol. The zero-order valence-corrected chi connectivity index (χ0v) is 16.3. The lowest BCUT2D eigenvalue weighted by Gasteiger charge is -2.19. The molecule has 0 aliphatic carbocycles. The number of rotatable bonds is 4. The Hall–Kier alpha value is -2.66. The van der Waals surface area contributed by atoms with Gasteiger partial charge in [-0.05, 0) is 41.3 Å². The summed E-state index contributed by atoms with van der Waals surface area (Å²) in [5.41, 5.74) is 2.50. The lowest BCUT2D eigenvalue weighted by Crippen LogP contribution is -2.32. The first-order valence-electron chi connectivity index (χ1n) is 8.73. The van der Waals surface area contributed by atoms with Crippen LogP contribution in [0.2, 0.25) is 5.02 Å². The molecule has 27 heavy (non-hydrogen) atoms. The van der Waals surface area contributed by atoms with Crippen LogP contribution in [0.15, 0.2) is 42.5 Å². The molecule has 2 aromatic carbocycles. The van der Waals surface area contributed by atoms with E-state index < -0.39 is 11.8 Å². The lowest BCUT2D eigenvalue weighted by atomic mass is 9.87. The second-order valence-electron chi connectivity index (χ2n) is 7.58. The molecule has 0 bridgehead atoms. The third-order valence-corrected chi connectivity index (χ3v) is 4.76. The van der Waals surface area contributed by atoms with Gasteiger partial charge in [0.25, 0.3) is 11.8 Å². The molecule has 0 saturated carbocycles. The van der Waals surface area contributed by atoms with Gasteiger partial charge in [0.05, 0.1) is 11.1 Å². The molecular formula is C21H21ClN2O3. The lowest BCUT2D eigenvalue weighted by molar-refractivity contribution is -0.116. The number of carbonyl (C=O) groups is 3. The number of amides is 3. The first-order valence-corrected chi connectivity index (χ1v) is 9.11. The van der Waals surface area contributed by atoms with Crippen molar-refractivity contribution in [3.63, 3.8) is 0 Å². The van der Waals surface area contributed by atoms with Gasteiger partial charge in [-0.3, -0.25) is 19.3 Å². The maximum absolute atomic E-state index is 12.4. The normalized spacial score (nSPS) is 13.7. The molecule has 1 heterocycles. The van der Waals surface area contributed by atoms with E-state index in [0.29, 0.717) is 16.3 Å². The Balaban J connectivity index is 1.60. The largest absolute Gasteiger partial charge is 0.326 e. The molecule has 0 saturated heterocycles. The Morgan fingerprint density at radius 3 is 2.26 bits per heavy atom. The average Bonchev–Trinajstić information content (AvgIpc) is 2.83. The van der Waals surface area contributed by atoms with Crippen molar-refractivity contribution in [1.29, 1.82) is 0 Å². The molecule has 2 aromatic rings. The number of imide groups is 1. The summed E-state index contributed by atoms with van der Waals surface area (Å²) in [4.78, 5) is 38.0. The Kier molecular flexibility index (Phi) is 5.07. The molecule has 1 N–H and O–H groups in total. The minimum Gasteiger partial charge on any atom is -0.326 e. The summed E-state index contributed by atoms with van der Waals surface area (Å²) in [6.07, 6.45) is 0.0280. The summed E-state index contributed by atoms with van der Waals surface area (Å²) >= 11 is 5.89. The van der Waals surface area contributed by atoms with Gasteiger partial charge >= 0.3 is 0 Å². The van der Waals surface area contributed by atoms with E-state index in [2.05, 4.69) is 26.1 Å². The molecule has 140 valence electrons. The highest BCUT2D eigenvalue weighted by Gasteiger charge is 2.35. The third kappa shape index (κ3) is 4.03. The van der Waals surface area contributed by atoms with Crippen molar-refractivity contribution in [2.45, 2.75) is 32.6 Å². The van der Waals surface area contributed by atoms with Crippen LogP contribution in [0.5, 0.6) is 0 Å². The van der Waals surface area contributed by atoms with E-state index in [1.807, 2.05) is 24.3 Å². The van der Waals surface area contributed by atoms with Gasteiger partial charge in [0.2, 0.25) is 5.91 Å². The molecular weight excluding hydrogens is 364 g/mol. The summed E-state index contributed by atoms with van der Waals surface area (Å²) in [5.74, 6) is -1.07. The van der Waals surface area contributed by atoms with Crippen LogP contribution in [0.25, 0.3) is 0 Å². The Bertz CT molecular complexity index is 914. The summed E-state index contributed by atoms with van der Waals surface area (Å²) in [7, 11) is 0. The zero-order chi connectivity index (χ0) is 19.8. The van der Waals surface area contributed by atoms with Crippen molar-refractivity contribution < 1.29 is 14.4 Å². The summed E-state index contributed by atoms with van der Waals surface area (Å²) < 4.78 is 0. The third-order valence-electron chi connectivity index (χ3n) is 4.53. The van der Waals surface area contributed by atoms with Gasteiger partial charge in [-0.1, -0.05) is 44.5 Å². The molecule has 3 rings (SSSR count). The van der Waals surface area contributed by atoms with Crippen molar-refractivity contribution in [3.8, 4) is 0 Å². The number of benzene rings is 2. The van der Waals surface area contributed by atoms with E-state index in [-0.39, 0.29) is 29.9 Å². The summed E-state index contributed by atoms with van der Waals surface area (Å²) in [6, 6.07) is 12.2. The maximum atomic E-state index is 12.4. The summed E-state index contributed by atoms with van der Waals surface area (Å²) in [5, 5.41) is 3.19. The van der Waals surface area contributed by atoms with Crippen molar-refractivity contribution >= 4 is 35.0 Å². The highest BCUT2D eigenvalue weighted by atomic mass is 35.5. The monoisotopic (exact) mass is 384 g/mol. The highest BCUT2D eigenvalue weighted by Crippen LogP contribution is 2.26. The first-order chi connectivity index (χ1) is 12.7. The zero-order valence-electron chi connectivity index (χ0n) is 15.5. The van der Waals surface area contributed by atoms with E-state index >= 15 is 0 Å². The quantitative estimate of drug-likeness (QED) is 0.801. The van der Waals surface area contributed by atoms with E-state index in [1.165, 1.54) is 17.7 Å². The van der Waals surface area contributed by atoms with Crippen LogP contribution in [0, 0.1) is 0 Å². The van der Waals surface area contributed by atoms with Gasteiger partial charge in [-0.25, -0.2) is 0 Å². The number of fused-ring (bicyclic) bond motifs is 1. The molecule has 6 heteroatoms. The summed E-state index contributed by atoms with van der Waals surface area (Å²) in [6.45, 7) is 6.39. The SMILES string of the molecule is CC(C)(C)c1ccc(NC(=O)CCN2C(=O)c3ccc(Cl)cc3C2=O)cc1. The molecule has 3 amide bonds. The Morgan fingerprint density at radius 1 is 1.00 bits per heavy atom. The van der Waals surface area contributed by atoms with Gasteiger partial charge in [-0.2, -0.15) is 0 Å². The van der Waals surface area contributed by atoms with Crippen LogP contribution in [-0.2, 0) is 10.2 Å². The van der Waals surface area contributed by atoms with Crippen LogP contribution in [-0.4, -0.2) is 29.2 Å². The minimum absolute atomic E-state index is 0.0237. The van der Waals surface area contributed by atoms with Gasteiger partial charge in [0.15, 0.2) is 0 Å². The number of nitrogens with zero attached hydrogens (tertiary/aromatic N) is 1. The fourth-order valence-electron chi connectivity index (χ4n) is 2.96. The fraction of sp³-hybridized carbons (Fsp3) is 0.286. The van der Waals surface area contributed by atoms with Gasteiger partial charge in [-0.15, -0.1) is 0 Å². The molecule has 0 aromatic heterocycles. The molecule has 0 fully saturated rings. The van der Waals surface area contributed by atoms with Crippen LogP contribution in [0.4, 0.5) is 5.69 Å². The van der Waals surface area contributed by atoms with Crippen molar-refractivity contribution in [2.24, 2.45) is 0 Å². The molecule has 5 nitrogen and oxygen atoms in total. The van der Waals surface area contributed by atoms with Gasteiger partial charge < -0.3 is 5.32 Å². The standard InChI is InChI=1S/C21H21ClN2O3/c1-21(2,3)13-4-7-15(8-5-13)23-18(25)10-11-24-19(26)16-9-6-14(22)12-17(16)20(24)27/h4-9,12H,10-11H2,1-3H3,(H,23,25). The highest BCUT2D eigenvalue weighted by molar-refractivity contribution is 6.32. The molecule has 0 radical (unpaired) electrons. The Labute approximate surface area is 163 Å². The van der Waals surface area contributed by atoms with Gasteiger partial charge in [0.1, 0.15) is 0 Å². The molecule has 0 spiro atoms. The molecule has 1 aliphatic rings. The molecule has 1 aliphatic heterocycles. The maximum Gasteiger partial charge on any atom is 0.261 e. The van der Waals surface area contributed by atoms with E-state index in [9.17, 15) is 14.4 Å². The molecule has 0 atom stereocenters. The predicted octanol–water partition coefficient (Wildman–Crippen LogP) is 4.26. The van der Waals surface area contributed by atoms with Crippen molar-refractivity contribution in [3.05, 3.63) is 64.2 Å². The smallest absolute Gasteiger partial charge is 0.261 e. The van der Waals surface area contributed by atoms with E-state index in [1.54, 1.807) is 6.07 Å². The Morgan fingerprint density at radius 2 is 1.63 bits per heavy atom. The minimum atomic E-state index is -0.417.